The lowest BCUT2D eigenvalue weighted by Crippen LogP contribution is -1.88. The van der Waals surface area contributed by atoms with E-state index in [1.807, 2.05) is 19.1 Å². The van der Waals surface area contributed by atoms with E-state index in [9.17, 15) is 9.50 Å². The molecule has 88 valence electrons. The highest BCUT2D eigenvalue weighted by atomic mass is 32.2. The van der Waals surface area contributed by atoms with Gasteiger partial charge in [-0.3, -0.25) is 0 Å². The Morgan fingerprint density at radius 2 is 1.94 bits per heavy atom. The van der Waals surface area contributed by atoms with Gasteiger partial charge >= 0.3 is 0 Å². The van der Waals surface area contributed by atoms with Gasteiger partial charge in [-0.15, -0.1) is 11.8 Å². The van der Waals surface area contributed by atoms with Gasteiger partial charge in [0.05, 0.1) is 0 Å². The summed E-state index contributed by atoms with van der Waals surface area (Å²) in [7, 11) is 0. The topological polar surface area (TPSA) is 20.2 Å². The first-order valence-corrected chi connectivity index (χ1v) is 6.31. The Morgan fingerprint density at radius 1 is 1.18 bits per heavy atom. The van der Waals surface area contributed by atoms with Gasteiger partial charge in [-0.1, -0.05) is 18.2 Å². The highest BCUT2D eigenvalue weighted by molar-refractivity contribution is 7.98. The molecular formula is C14H13FOS. The Morgan fingerprint density at radius 3 is 2.71 bits per heavy atom. The van der Waals surface area contributed by atoms with Crippen LogP contribution in [0.4, 0.5) is 4.39 Å². The molecule has 2 rings (SSSR count). The molecular weight excluding hydrogens is 235 g/mol. The molecule has 0 fully saturated rings. The van der Waals surface area contributed by atoms with Crippen LogP contribution in [0.5, 0.6) is 5.75 Å². The highest BCUT2D eigenvalue weighted by Crippen LogP contribution is 2.31. The van der Waals surface area contributed by atoms with Gasteiger partial charge in [0.2, 0.25) is 0 Å². The third-order valence-electron chi connectivity index (χ3n) is 2.56. The van der Waals surface area contributed by atoms with Crippen molar-refractivity contribution < 1.29 is 9.50 Å². The number of aromatic hydroxyl groups is 1. The standard InChI is InChI=1S/C14H13FOS/c1-10-6-7-12(15)8-11(10)9-17-14-5-3-2-4-13(14)16/h2-8,16H,9H2,1H3. The Kier molecular flexibility index (Phi) is 3.69. The van der Waals surface area contributed by atoms with Gasteiger partial charge in [-0.05, 0) is 42.3 Å². The third kappa shape index (κ3) is 3.01. The molecule has 0 bridgehead atoms. The van der Waals surface area contributed by atoms with Crippen LogP contribution in [0.2, 0.25) is 0 Å². The SMILES string of the molecule is Cc1ccc(F)cc1CSc1ccccc1O. The van der Waals surface area contributed by atoms with E-state index in [1.54, 1.807) is 24.3 Å². The number of para-hydroxylation sites is 1. The van der Waals surface area contributed by atoms with Crippen molar-refractivity contribution in [2.45, 2.75) is 17.6 Å². The Labute approximate surface area is 104 Å². The molecule has 0 aliphatic rings. The van der Waals surface area contributed by atoms with Crippen molar-refractivity contribution in [1.82, 2.24) is 0 Å². The molecule has 0 spiro atoms. The number of hydrogen-bond acceptors (Lipinski definition) is 2. The fourth-order valence-electron chi connectivity index (χ4n) is 1.53. The zero-order valence-corrected chi connectivity index (χ0v) is 10.3. The monoisotopic (exact) mass is 248 g/mol. The number of aryl methyl sites for hydroxylation is 1. The van der Waals surface area contributed by atoms with E-state index in [4.69, 9.17) is 0 Å². The van der Waals surface area contributed by atoms with Gasteiger partial charge in [0, 0.05) is 10.6 Å². The Hall–Kier alpha value is -1.48. The number of thioether (sulfide) groups is 1. The summed E-state index contributed by atoms with van der Waals surface area (Å²) < 4.78 is 13.1. The molecule has 2 aromatic carbocycles. The molecule has 0 amide bonds. The largest absolute Gasteiger partial charge is 0.507 e. The zero-order valence-electron chi connectivity index (χ0n) is 9.48. The number of benzene rings is 2. The van der Waals surface area contributed by atoms with Crippen molar-refractivity contribution in [1.29, 1.82) is 0 Å². The van der Waals surface area contributed by atoms with E-state index < -0.39 is 0 Å². The maximum atomic E-state index is 13.1. The van der Waals surface area contributed by atoms with Gasteiger partial charge in [0.1, 0.15) is 11.6 Å². The first-order chi connectivity index (χ1) is 8.16. The summed E-state index contributed by atoms with van der Waals surface area (Å²) in [6.45, 7) is 1.96. The van der Waals surface area contributed by atoms with Gasteiger partial charge in [0.15, 0.2) is 0 Å². The molecule has 0 heterocycles. The van der Waals surface area contributed by atoms with E-state index in [-0.39, 0.29) is 11.6 Å². The van der Waals surface area contributed by atoms with E-state index in [0.29, 0.717) is 5.75 Å². The van der Waals surface area contributed by atoms with Crippen molar-refractivity contribution in [2.24, 2.45) is 0 Å². The molecule has 0 saturated heterocycles. The average Bonchev–Trinajstić information content (AvgIpc) is 2.32. The lowest BCUT2D eigenvalue weighted by molar-refractivity contribution is 0.462. The van der Waals surface area contributed by atoms with E-state index in [1.165, 1.54) is 17.8 Å². The molecule has 0 aliphatic carbocycles. The summed E-state index contributed by atoms with van der Waals surface area (Å²) in [5.41, 5.74) is 2.02. The van der Waals surface area contributed by atoms with Gasteiger partial charge < -0.3 is 5.11 Å². The maximum absolute atomic E-state index is 13.1. The smallest absolute Gasteiger partial charge is 0.129 e. The minimum atomic E-state index is -0.219. The second-order valence-electron chi connectivity index (χ2n) is 3.83. The van der Waals surface area contributed by atoms with Crippen molar-refractivity contribution in [3.8, 4) is 5.75 Å². The number of phenolic OH excluding ortho intramolecular Hbond substituents is 1. The normalized spacial score (nSPS) is 10.5. The molecule has 0 aliphatic heterocycles. The molecule has 2 aromatic rings. The van der Waals surface area contributed by atoms with Crippen LogP contribution in [0.15, 0.2) is 47.4 Å². The fraction of sp³-hybridized carbons (Fsp3) is 0.143. The van der Waals surface area contributed by atoms with Crippen LogP contribution in [0.1, 0.15) is 11.1 Å². The number of hydrogen-bond donors (Lipinski definition) is 1. The number of rotatable bonds is 3. The van der Waals surface area contributed by atoms with Crippen molar-refractivity contribution >= 4 is 11.8 Å². The summed E-state index contributed by atoms with van der Waals surface area (Å²) >= 11 is 1.51. The van der Waals surface area contributed by atoms with E-state index in [0.717, 1.165) is 16.0 Å². The Balaban J connectivity index is 2.12. The van der Waals surface area contributed by atoms with Crippen LogP contribution in [-0.2, 0) is 5.75 Å². The zero-order chi connectivity index (χ0) is 12.3. The van der Waals surface area contributed by atoms with Crippen LogP contribution in [0.3, 0.4) is 0 Å². The molecule has 0 unspecified atom stereocenters. The maximum Gasteiger partial charge on any atom is 0.129 e. The van der Waals surface area contributed by atoms with Crippen molar-refractivity contribution in [2.75, 3.05) is 0 Å². The van der Waals surface area contributed by atoms with E-state index >= 15 is 0 Å². The number of phenols is 1. The van der Waals surface area contributed by atoms with Crippen LogP contribution in [-0.4, -0.2) is 5.11 Å². The van der Waals surface area contributed by atoms with Crippen LogP contribution in [0, 0.1) is 12.7 Å². The summed E-state index contributed by atoms with van der Waals surface area (Å²) in [6, 6.07) is 11.9. The quantitative estimate of drug-likeness (QED) is 0.824. The summed E-state index contributed by atoms with van der Waals surface area (Å²) in [4.78, 5) is 0.816. The minimum Gasteiger partial charge on any atom is -0.507 e. The highest BCUT2D eigenvalue weighted by Gasteiger charge is 2.04. The first-order valence-electron chi connectivity index (χ1n) is 5.32. The van der Waals surface area contributed by atoms with Gasteiger partial charge in [0.25, 0.3) is 0 Å². The lowest BCUT2D eigenvalue weighted by Gasteiger charge is -2.07. The molecule has 0 atom stereocenters. The van der Waals surface area contributed by atoms with E-state index in [2.05, 4.69) is 0 Å². The minimum absolute atomic E-state index is 0.219. The first kappa shape index (κ1) is 12.0. The van der Waals surface area contributed by atoms with Gasteiger partial charge in [-0.25, -0.2) is 4.39 Å². The molecule has 1 nitrogen and oxygen atoms in total. The molecule has 17 heavy (non-hydrogen) atoms. The predicted molar refractivity (Wildman–Crippen MR) is 68.8 cm³/mol. The fourth-order valence-corrected chi connectivity index (χ4v) is 2.54. The molecule has 0 aromatic heterocycles. The number of halogens is 1. The molecule has 0 saturated carbocycles. The second-order valence-corrected chi connectivity index (χ2v) is 4.84. The second kappa shape index (κ2) is 5.23. The average molecular weight is 248 g/mol. The third-order valence-corrected chi connectivity index (χ3v) is 3.67. The molecule has 3 heteroatoms. The van der Waals surface area contributed by atoms with Crippen molar-refractivity contribution in [3.63, 3.8) is 0 Å². The van der Waals surface area contributed by atoms with Crippen LogP contribution < -0.4 is 0 Å². The summed E-state index contributed by atoms with van der Waals surface area (Å²) in [5.74, 6) is 0.705. The van der Waals surface area contributed by atoms with Crippen molar-refractivity contribution in [3.05, 3.63) is 59.4 Å². The molecule has 0 radical (unpaired) electrons. The van der Waals surface area contributed by atoms with Crippen LogP contribution in [0.25, 0.3) is 0 Å². The van der Waals surface area contributed by atoms with Gasteiger partial charge in [-0.2, -0.15) is 0 Å². The Bertz CT molecular complexity index is 525. The van der Waals surface area contributed by atoms with Crippen LogP contribution >= 0.6 is 11.8 Å². The lowest BCUT2D eigenvalue weighted by atomic mass is 10.1. The summed E-state index contributed by atoms with van der Waals surface area (Å²) in [6.07, 6.45) is 0. The summed E-state index contributed by atoms with van der Waals surface area (Å²) in [5, 5.41) is 9.62. The predicted octanol–water partition coefficient (Wildman–Crippen LogP) is 4.13. The molecule has 1 N–H and O–H groups in total.